The maximum absolute atomic E-state index is 12.9. The number of Topliss-reactive ketones (excluding diaryl/α,β-unsaturated/α-hetero) is 1. The Hall–Kier alpha value is -1.23. The highest BCUT2D eigenvalue weighted by Gasteiger charge is 2.62. The van der Waals surface area contributed by atoms with Crippen LogP contribution in [0.4, 0.5) is 0 Å². The minimum atomic E-state index is -0.377. The van der Waals surface area contributed by atoms with Gasteiger partial charge in [0.1, 0.15) is 12.9 Å². The van der Waals surface area contributed by atoms with Crippen molar-refractivity contribution in [2.24, 2.45) is 46.3 Å². The van der Waals surface area contributed by atoms with Gasteiger partial charge in [0.2, 0.25) is 0 Å². The van der Waals surface area contributed by atoms with E-state index in [1.54, 1.807) is 0 Å². The van der Waals surface area contributed by atoms with Crippen molar-refractivity contribution in [2.45, 2.75) is 71.6 Å². The third kappa shape index (κ3) is 3.45. The van der Waals surface area contributed by atoms with Crippen LogP contribution in [0, 0.1) is 46.3 Å². The van der Waals surface area contributed by atoms with Gasteiger partial charge in [0.05, 0.1) is 6.61 Å². The molecule has 168 valence electrons. The van der Waals surface area contributed by atoms with E-state index in [0.717, 1.165) is 51.6 Å². The predicted molar refractivity (Wildman–Crippen MR) is 113 cm³/mol. The van der Waals surface area contributed by atoms with Crippen LogP contribution in [-0.4, -0.2) is 38.4 Å². The maximum Gasteiger partial charge on any atom is 0.303 e. The van der Waals surface area contributed by atoms with Gasteiger partial charge in [-0.15, -0.1) is 0 Å². The maximum atomic E-state index is 12.9. The molecule has 0 N–H and O–H groups in total. The molecule has 4 aliphatic carbocycles. The van der Waals surface area contributed by atoms with Gasteiger partial charge in [0.15, 0.2) is 5.78 Å². The first-order chi connectivity index (χ1) is 14.4. The van der Waals surface area contributed by atoms with E-state index in [1.165, 1.54) is 26.1 Å². The van der Waals surface area contributed by atoms with Crippen LogP contribution in [0.2, 0.25) is 0 Å². The molecule has 0 unspecified atom stereocenters. The second-order valence-electron chi connectivity index (χ2n) is 10.9. The molecule has 0 spiro atoms. The van der Waals surface area contributed by atoms with Crippen molar-refractivity contribution in [1.29, 1.82) is 0 Å². The molecule has 0 aromatic heterocycles. The summed E-state index contributed by atoms with van der Waals surface area (Å²) in [6.45, 7) is 4.43. The molecule has 0 aliphatic heterocycles. The number of ketones is 1. The van der Waals surface area contributed by atoms with E-state index in [2.05, 4.69) is 6.92 Å². The first-order valence-corrected chi connectivity index (χ1v) is 12.0. The molecular weight excluding hydrogens is 380 g/mol. The number of hydrogen-bond donors (Lipinski definition) is 0. The van der Waals surface area contributed by atoms with E-state index in [9.17, 15) is 14.4 Å². The average Bonchev–Trinajstić information content (AvgIpc) is 3.09. The topological polar surface area (TPSA) is 69.7 Å². The van der Waals surface area contributed by atoms with E-state index in [-0.39, 0.29) is 41.0 Å². The van der Waals surface area contributed by atoms with Gasteiger partial charge in [-0.05, 0) is 92.3 Å². The predicted octanol–water partition coefficient (Wildman–Crippen LogP) is 4.22. The van der Waals surface area contributed by atoms with Gasteiger partial charge >= 0.3 is 5.97 Å². The Morgan fingerprint density at radius 2 is 1.83 bits per heavy atom. The number of rotatable bonds is 6. The zero-order valence-corrected chi connectivity index (χ0v) is 18.9. The van der Waals surface area contributed by atoms with Gasteiger partial charge in [-0.2, -0.15) is 0 Å². The minimum Gasteiger partial charge on any atom is -0.458 e. The van der Waals surface area contributed by atoms with Crippen molar-refractivity contribution >= 4 is 18.0 Å². The molecule has 0 bridgehead atoms. The molecule has 0 radical (unpaired) electrons. The van der Waals surface area contributed by atoms with Gasteiger partial charge in [0.25, 0.3) is 0 Å². The van der Waals surface area contributed by atoms with Crippen LogP contribution in [0.15, 0.2) is 0 Å². The molecular formula is C25H38O5. The summed E-state index contributed by atoms with van der Waals surface area (Å²) < 4.78 is 10.9. The summed E-state index contributed by atoms with van der Waals surface area (Å²) in [5.74, 6) is 2.43. The summed E-state index contributed by atoms with van der Waals surface area (Å²) in [5, 5.41) is 0. The second kappa shape index (κ2) is 8.37. The van der Waals surface area contributed by atoms with E-state index < -0.39 is 0 Å². The summed E-state index contributed by atoms with van der Waals surface area (Å²) in [6, 6.07) is 0. The van der Waals surface area contributed by atoms with Crippen LogP contribution in [-0.2, 0) is 23.9 Å². The third-order valence-corrected chi connectivity index (χ3v) is 9.82. The summed E-state index contributed by atoms with van der Waals surface area (Å²) in [5.41, 5.74) is 0.234. The summed E-state index contributed by atoms with van der Waals surface area (Å²) in [4.78, 5) is 35.6. The van der Waals surface area contributed by atoms with Gasteiger partial charge in [-0.25, -0.2) is 0 Å². The first kappa shape index (κ1) is 22.0. The lowest BCUT2D eigenvalue weighted by Crippen LogP contribution is -2.56. The fraction of sp³-hybridized carbons (Fsp3) is 0.880. The van der Waals surface area contributed by atoms with Gasteiger partial charge in [-0.3, -0.25) is 9.59 Å². The summed E-state index contributed by atoms with van der Waals surface area (Å²) >= 11 is 0. The van der Waals surface area contributed by atoms with Gasteiger partial charge < -0.3 is 14.3 Å². The fourth-order valence-electron chi connectivity index (χ4n) is 8.56. The number of carbonyl (C=O) groups excluding carboxylic acids is 3. The smallest absolute Gasteiger partial charge is 0.303 e. The lowest BCUT2D eigenvalue weighted by molar-refractivity contribution is -0.159. The molecule has 4 aliphatic rings. The van der Waals surface area contributed by atoms with Crippen LogP contribution in [0.25, 0.3) is 0 Å². The number of ether oxygens (including phenoxy) is 2. The van der Waals surface area contributed by atoms with Crippen molar-refractivity contribution < 1.29 is 23.9 Å². The molecule has 5 heteroatoms. The highest BCUT2D eigenvalue weighted by Crippen LogP contribution is 2.67. The summed E-state index contributed by atoms with van der Waals surface area (Å²) in [7, 11) is 1.83. The zero-order chi connectivity index (χ0) is 21.5. The second-order valence-corrected chi connectivity index (χ2v) is 10.9. The van der Waals surface area contributed by atoms with Crippen LogP contribution >= 0.6 is 0 Å². The first-order valence-electron chi connectivity index (χ1n) is 12.0. The van der Waals surface area contributed by atoms with Crippen molar-refractivity contribution in [2.75, 3.05) is 20.3 Å². The van der Waals surface area contributed by atoms with E-state index >= 15 is 0 Å². The number of carbonyl (C=O) groups is 3. The molecule has 5 nitrogen and oxygen atoms in total. The molecule has 4 rings (SSSR count). The Morgan fingerprint density at radius 1 is 1.03 bits per heavy atom. The number of methoxy groups -OCH3 is 1. The highest BCUT2D eigenvalue weighted by atomic mass is 16.5. The molecule has 30 heavy (non-hydrogen) atoms. The normalized spacial score (nSPS) is 45.0. The number of hydrogen-bond acceptors (Lipinski definition) is 5. The number of aldehydes is 1. The van der Waals surface area contributed by atoms with Crippen LogP contribution in [0.5, 0.6) is 0 Å². The van der Waals surface area contributed by atoms with Crippen molar-refractivity contribution in [3.05, 3.63) is 0 Å². The Balaban J connectivity index is 1.55. The van der Waals surface area contributed by atoms with Gasteiger partial charge in [0, 0.05) is 25.9 Å². The molecule has 0 amide bonds. The lowest BCUT2D eigenvalue weighted by Gasteiger charge is -2.61. The Morgan fingerprint density at radius 3 is 2.53 bits per heavy atom. The number of esters is 1. The quantitative estimate of drug-likeness (QED) is 0.477. The minimum absolute atomic E-state index is 0.0182. The van der Waals surface area contributed by atoms with Crippen LogP contribution in [0.1, 0.15) is 71.6 Å². The molecule has 4 saturated carbocycles. The van der Waals surface area contributed by atoms with Crippen molar-refractivity contribution in [1.82, 2.24) is 0 Å². The number of fused-ring (bicyclic) bond motifs is 5. The molecule has 0 saturated heterocycles. The van der Waals surface area contributed by atoms with E-state index in [4.69, 9.17) is 9.47 Å². The SMILES string of the molecule is COC[C@]12CC[C@@H](C=O)C[C@@H]1CC[C@H]1[C@@H]3CC[C@H](C(=O)COC(C)=O)[C@@]3(C)CC[C@@H]12. The van der Waals surface area contributed by atoms with Crippen molar-refractivity contribution in [3.63, 3.8) is 0 Å². The molecule has 8 atom stereocenters. The zero-order valence-electron chi connectivity index (χ0n) is 18.9. The summed E-state index contributed by atoms with van der Waals surface area (Å²) in [6.07, 6.45) is 11.0. The third-order valence-electron chi connectivity index (χ3n) is 9.82. The fourth-order valence-corrected chi connectivity index (χ4v) is 8.56. The van der Waals surface area contributed by atoms with Crippen LogP contribution in [0.3, 0.4) is 0 Å². The Labute approximate surface area is 180 Å². The Kier molecular flexibility index (Phi) is 6.13. The van der Waals surface area contributed by atoms with Crippen LogP contribution < -0.4 is 0 Å². The lowest BCUT2D eigenvalue weighted by atomic mass is 9.44. The van der Waals surface area contributed by atoms with Crippen molar-refractivity contribution in [3.8, 4) is 0 Å². The largest absolute Gasteiger partial charge is 0.458 e. The van der Waals surface area contributed by atoms with E-state index in [1.807, 2.05) is 7.11 Å². The monoisotopic (exact) mass is 418 g/mol. The molecule has 4 fully saturated rings. The molecule has 0 aromatic carbocycles. The van der Waals surface area contributed by atoms with E-state index in [0.29, 0.717) is 23.7 Å². The Bertz CT molecular complexity index is 689. The average molecular weight is 419 g/mol. The highest BCUT2D eigenvalue weighted by molar-refractivity contribution is 5.85. The molecule has 0 heterocycles. The molecule has 0 aromatic rings. The standard InChI is InChI=1S/C25H38O5/c1-16(27)30-14-23(28)22-7-6-20-19-5-4-18-12-17(13-26)8-11-25(18,15-29-3)21(19)9-10-24(20,22)2/h13,17-22H,4-12,14-15H2,1-3H3/t17-,18+,19+,20+,21+,22-,24+,25-/m1/s1. The van der Waals surface area contributed by atoms with Gasteiger partial charge in [-0.1, -0.05) is 6.92 Å².